The number of aliphatic hydroxyl groups is 2. The fraction of sp³-hybridized carbons (Fsp3) is 0.410. The van der Waals surface area contributed by atoms with Crippen LogP contribution >= 0.6 is 0 Å². The van der Waals surface area contributed by atoms with Crippen LogP contribution in [0.1, 0.15) is 152 Å². The number of piperidine rings is 1. The third kappa shape index (κ3) is 14.8. The number of nitrogens with zero attached hydrogens (tertiary/aromatic N) is 5. The van der Waals surface area contributed by atoms with E-state index in [1.165, 1.54) is 12.1 Å². The van der Waals surface area contributed by atoms with Gasteiger partial charge in [-0.3, -0.25) is 43.7 Å². The number of hydrogen-bond donors (Lipinski definition) is 6. The highest BCUT2D eigenvalue weighted by atomic mass is 19.1. The maximum atomic E-state index is 14.7. The maximum Gasteiger partial charge on any atom is 0.305 e. The van der Waals surface area contributed by atoms with E-state index in [9.17, 15) is 48.5 Å². The van der Waals surface area contributed by atoms with E-state index in [1.54, 1.807) is 42.5 Å². The molecule has 1 saturated heterocycles. The number of carboxylic acid groups (broad SMARTS) is 1. The molecule has 18 nitrogen and oxygen atoms in total. The number of imide groups is 2. The van der Waals surface area contributed by atoms with Crippen molar-refractivity contribution in [2.45, 2.75) is 147 Å². The van der Waals surface area contributed by atoms with Crippen molar-refractivity contribution in [3.8, 4) is 28.1 Å². The molecule has 4 heterocycles. The van der Waals surface area contributed by atoms with Gasteiger partial charge in [0.15, 0.2) is 0 Å². The third-order valence-corrected chi connectivity index (χ3v) is 14.5. The Morgan fingerprint density at radius 3 is 2.30 bits per heavy atom. The van der Waals surface area contributed by atoms with Crippen LogP contribution < -0.4 is 20.7 Å². The van der Waals surface area contributed by atoms with Crippen molar-refractivity contribution in [3.63, 3.8) is 0 Å². The number of ether oxygens (including phenoxy) is 1. The van der Waals surface area contributed by atoms with Gasteiger partial charge in [-0.05, 0) is 129 Å². The Morgan fingerprint density at radius 2 is 1.54 bits per heavy atom. The summed E-state index contributed by atoms with van der Waals surface area (Å²) in [7, 11) is 0. The molecule has 0 bridgehead atoms. The summed E-state index contributed by atoms with van der Waals surface area (Å²) >= 11 is 0. The maximum absolute atomic E-state index is 14.7. The summed E-state index contributed by atoms with van der Waals surface area (Å²) in [6.07, 6.45) is 8.76. The number of aliphatic carboxylic acids is 1. The van der Waals surface area contributed by atoms with E-state index in [4.69, 9.17) is 4.74 Å². The number of rotatable bonds is 30. The largest absolute Gasteiger partial charge is 0.494 e. The zero-order valence-corrected chi connectivity index (χ0v) is 45.4. The summed E-state index contributed by atoms with van der Waals surface area (Å²) < 4.78 is 24.7. The van der Waals surface area contributed by atoms with Crippen LogP contribution in [-0.2, 0) is 33.9 Å². The van der Waals surface area contributed by atoms with Crippen LogP contribution in [0.25, 0.3) is 22.4 Å². The van der Waals surface area contributed by atoms with Gasteiger partial charge in [-0.15, -0.1) is 5.10 Å². The lowest BCUT2D eigenvalue weighted by atomic mass is 9.94. The first-order valence-electron chi connectivity index (χ1n) is 27.8. The minimum Gasteiger partial charge on any atom is -0.494 e. The molecular formula is C61H71FN8O10. The first-order valence-corrected chi connectivity index (χ1v) is 27.8. The van der Waals surface area contributed by atoms with E-state index in [1.807, 2.05) is 71.8 Å². The van der Waals surface area contributed by atoms with E-state index in [-0.39, 0.29) is 55.2 Å². The van der Waals surface area contributed by atoms with Crippen molar-refractivity contribution in [3.05, 3.63) is 137 Å². The molecule has 0 spiro atoms. The molecule has 5 amide bonds. The van der Waals surface area contributed by atoms with Crippen molar-refractivity contribution in [2.75, 3.05) is 23.8 Å². The van der Waals surface area contributed by atoms with Gasteiger partial charge in [-0.2, -0.15) is 0 Å². The molecule has 422 valence electrons. The topological polar surface area (TPSA) is 247 Å². The predicted octanol–water partition coefficient (Wildman–Crippen LogP) is 9.55. The Bertz CT molecular complexity index is 3140. The second-order valence-corrected chi connectivity index (χ2v) is 20.9. The van der Waals surface area contributed by atoms with Crippen LogP contribution in [0.4, 0.5) is 15.8 Å². The summed E-state index contributed by atoms with van der Waals surface area (Å²) in [6.45, 7) is 6.03. The summed E-state index contributed by atoms with van der Waals surface area (Å²) in [4.78, 5) is 77.5. The van der Waals surface area contributed by atoms with Gasteiger partial charge in [0.1, 0.15) is 17.6 Å². The van der Waals surface area contributed by atoms with Crippen LogP contribution in [0.15, 0.2) is 103 Å². The van der Waals surface area contributed by atoms with Crippen LogP contribution in [0.3, 0.4) is 0 Å². The molecule has 4 aromatic carbocycles. The van der Waals surface area contributed by atoms with Gasteiger partial charge in [0.2, 0.25) is 11.8 Å². The first kappa shape index (κ1) is 58.1. The number of aliphatic hydroxyl groups excluding tert-OH is 2. The van der Waals surface area contributed by atoms with E-state index in [2.05, 4.69) is 26.3 Å². The number of fused-ring (bicyclic) bond motifs is 1. The molecule has 6 N–H and O–H groups in total. The summed E-state index contributed by atoms with van der Waals surface area (Å²) in [5.41, 5.74) is 6.33. The Labute approximate surface area is 464 Å². The molecule has 0 radical (unpaired) electrons. The summed E-state index contributed by atoms with van der Waals surface area (Å²) in [5.74, 6) is -3.62. The third-order valence-electron chi connectivity index (χ3n) is 14.5. The fourth-order valence-electron chi connectivity index (χ4n) is 10.7. The number of unbranched alkanes of at least 4 members (excludes halogenated alkanes) is 7. The van der Waals surface area contributed by atoms with E-state index in [0.717, 1.165) is 81.3 Å². The van der Waals surface area contributed by atoms with Crippen LogP contribution in [-0.4, -0.2) is 107 Å². The number of para-hydroxylation sites is 1. The molecular weight excluding hydrogens is 1020 g/mol. The Kier molecular flexibility index (Phi) is 20.1. The van der Waals surface area contributed by atoms with Crippen molar-refractivity contribution in [1.29, 1.82) is 0 Å². The quantitative estimate of drug-likeness (QED) is 0.0182. The van der Waals surface area contributed by atoms with Gasteiger partial charge >= 0.3 is 5.97 Å². The number of anilines is 2. The van der Waals surface area contributed by atoms with Crippen LogP contribution in [0.5, 0.6) is 5.75 Å². The van der Waals surface area contributed by atoms with E-state index < -0.39 is 60.1 Å². The minimum absolute atomic E-state index is 0.0680. The first-order chi connectivity index (χ1) is 38.7. The zero-order chi connectivity index (χ0) is 56.7. The van der Waals surface area contributed by atoms with Gasteiger partial charge in [0.25, 0.3) is 17.7 Å². The second kappa shape index (κ2) is 27.7. The average molecular weight is 1100 g/mol. The van der Waals surface area contributed by atoms with Gasteiger partial charge < -0.3 is 35.3 Å². The van der Waals surface area contributed by atoms with Crippen molar-refractivity contribution >= 4 is 46.9 Å². The van der Waals surface area contributed by atoms with Gasteiger partial charge in [0, 0.05) is 54.9 Å². The lowest BCUT2D eigenvalue weighted by molar-refractivity contribution is -0.140. The number of aromatic nitrogens is 4. The molecule has 8 rings (SSSR count). The highest BCUT2D eigenvalue weighted by Gasteiger charge is 2.45. The Balaban J connectivity index is 0.804. The molecule has 0 saturated carbocycles. The van der Waals surface area contributed by atoms with E-state index in [0.29, 0.717) is 63.9 Å². The lowest BCUT2D eigenvalue weighted by Gasteiger charge is -2.27. The van der Waals surface area contributed by atoms with Gasteiger partial charge in [-0.1, -0.05) is 87.6 Å². The molecule has 1 fully saturated rings. The number of nitrogens with one attached hydrogen (secondary N) is 3. The number of amides is 5. The van der Waals surface area contributed by atoms with Gasteiger partial charge in [-0.25, -0.2) is 4.39 Å². The number of hydrogen-bond acceptors (Lipinski definition) is 12. The number of aryl methyl sites for hydroxylation is 2. The van der Waals surface area contributed by atoms with Crippen molar-refractivity contribution in [1.82, 2.24) is 29.8 Å². The number of halogens is 1. The molecule has 2 aliphatic heterocycles. The second-order valence-electron chi connectivity index (χ2n) is 20.9. The van der Waals surface area contributed by atoms with Gasteiger partial charge in [0.05, 0.1) is 53.3 Å². The highest BCUT2D eigenvalue weighted by molar-refractivity contribution is 6.25. The number of carboxylic acids is 1. The normalized spacial score (nSPS) is 15.0. The highest BCUT2D eigenvalue weighted by Crippen LogP contribution is 2.44. The van der Waals surface area contributed by atoms with E-state index >= 15 is 0 Å². The minimum atomic E-state index is -1.24. The Morgan fingerprint density at radius 1 is 0.800 bits per heavy atom. The summed E-state index contributed by atoms with van der Waals surface area (Å²) in [6, 6.07) is 26.8. The average Bonchev–Trinajstić information content (AvgIpc) is 4.33. The monoisotopic (exact) mass is 1090 g/mol. The molecule has 19 heteroatoms. The standard InChI is InChI=1S/C61H71FN8O10/c1-39(2)56-55(59(77)64-43-18-10-8-11-19-43)53(57(40-24-26-42(62)27-25-40)69(56)33-30-45(71)36-46(72)37-52(74)75)41-17-15-21-47(35-41)80-34-14-7-4-9-20-44-38-68(67-66-44)32-13-6-3-5-12-31-63-49-23-16-22-48-54(49)61(79)70(60(48)78)50-28-29-51(73)65-58(50)76/h8,10-11,15-19,21-27,35,38-39,45-46,50,63,71-72H,3-7,9,12-14,20,28-34,36-37H2,1-2H3,(H,64,77)(H,74,75)(H,65,73,76)/t45-,46-,50?/m1/s1. The SMILES string of the molecule is CC(C)c1c(C(=O)Nc2ccccc2)c(-c2cccc(OCCCCCCc3cn(CCCCCCCNc4cccc5c4C(=O)N(C4CCC(=O)NC4=O)C5=O)nn3)c2)c(-c2ccc(F)cc2)n1CC[C@@H](O)C[C@@H](O)CC(=O)O. The van der Waals surface area contributed by atoms with Crippen LogP contribution in [0.2, 0.25) is 0 Å². The smallest absolute Gasteiger partial charge is 0.305 e. The zero-order valence-electron chi connectivity index (χ0n) is 45.4. The van der Waals surface area contributed by atoms with Crippen molar-refractivity contribution < 1.29 is 53.2 Å². The number of carbonyl (C=O) groups excluding carboxylic acids is 5. The molecule has 2 aliphatic rings. The molecule has 0 aliphatic carbocycles. The molecule has 80 heavy (non-hydrogen) atoms. The molecule has 3 atom stereocenters. The number of carbonyl (C=O) groups is 6. The molecule has 6 aromatic rings. The predicted molar refractivity (Wildman–Crippen MR) is 300 cm³/mol. The number of benzene rings is 4. The molecule has 1 unspecified atom stereocenters. The molecule has 2 aromatic heterocycles. The van der Waals surface area contributed by atoms with Crippen LogP contribution in [0, 0.1) is 5.82 Å². The fourth-order valence-corrected chi connectivity index (χ4v) is 10.7. The van der Waals surface area contributed by atoms with Crippen molar-refractivity contribution in [2.24, 2.45) is 0 Å². The summed E-state index contributed by atoms with van der Waals surface area (Å²) in [5, 5.41) is 47.9. The Hall–Kier alpha value is -8.03. The lowest BCUT2D eigenvalue weighted by Crippen LogP contribution is -2.54.